The van der Waals surface area contributed by atoms with Crippen LogP contribution in [0.1, 0.15) is 0 Å². The number of rotatable bonds is 4. The van der Waals surface area contributed by atoms with Gasteiger partial charge in [0.2, 0.25) is 10.0 Å². The maximum Gasteiger partial charge on any atom is 0.321 e. The van der Waals surface area contributed by atoms with Crippen LogP contribution >= 0.6 is 11.6 Å². The van der Waals surface area contributed by atoms with Crippen molar-refractivity contribution < 1.29 is 17.9 Å². The highest BCUT2D eigenvalue weighted by atomic mass is 35.5. The Morgan fingerprint density at radius 1 is 1.53 bits per heavy atom. The highest BCUT2D eigenvalue weighted by Crippen LogP contribution is 2.14. The maximum atomic E-state index is 11.9. The van der Waals surface area contributed by atoms with Gasteiger partial charge in [0.25, 0.3) is 0 Å². The number of carbonyl (C=O) groups is 1. The lowest BCUT2D eigenvalue weighted by Crippen LogP contribution is -2.32. The van der Waals surface area contributed by atoms with Crippen LogP contribution in [0.15, 0.2) is 23.2 Å². The molecule has 0 aliphatic carbocycles. The van der Waals surface area contributed by atoms with Gasteiger partial charge < -0.3 is 4.74 Å². The summed E-state index contributed by atoms with van der Waals surface area (Å²) in [5.41, 5.74) is 0. The number of hydrogen-bond acceptors (Lipinski definition) is 5. The molecule has 0 aromatic carbocycles. The molecule has 0 saturated heterocycles. The van der Waals surface area contributed by atoms with Crippen molar-refractivity contribution in [2.45, 2.75) is 4.90 Å². The van der Waals surface area contributed by atoms with Gasteiger partial charge in [0.05, 0.1) is 7.11 Å². The first-order valence-electron chi connectivity index (χ1n) is 4.52. The van der Waals surface area contributed by atoms with Crippen molar-refractivity contribution >= 4 is 27.6 Å². The van der Waals surface area contributed by atoms with Crippen molar-refractivity contribution in [1.29, 1.82) is 0 Å². The summed E-state index contributed by atoms with van der Waals surface area (Å²) in [5, 5.41) is 0.194. The Kier molecular flexibility index (Phi) is 4.44. The van der Waals surface area contributed by atoms with E-state index in [0.29, 0.717) is 0 Å². The van der Waals surface area contributed by atoms with Crippen LogP contribution in [0.4, 0.5) is 0 Å². The van der Waals surface area contributed by atoms with E-state index in [1.807, 2.05) is 0 Å². The van der Waals surface area contributed by atoms with Crippen LogP contribution in [0.2, 0.25) is 5.15 Å². The molecule has 0 bridgehead atoms. The molecule has 6 nitrogen and oxygen atoms in total. The van der Waals surface area contributed by atoms with Crippen LogP contribution in [-0.2, 0) is 19.6 Å². The lowest BCUT2D eigenvalue weighted by Gasteiger charge is -2.15. The van der Waals surface area contributed by atoms with Gasteiger partial charge in [0.15, 0.2) is 0 Å². The summed E-state index contributed by atoms with van der Waals surface area (Å²) in [6, 6.07) is 2.68. The third-order valence-corrected chi connectivity index (χ3v) is 4.00. The molecular weight excluding hydrogens is 268 g/mol. The van der Waals surface area contributed by atoms with E-state index < -0.39 is 16.0 Å². The summed E-state index contributed by atoms with van der Waals surface area (Å²) in [6.45, 7) is -0.360. The molecule has 1 heterocycles. The standard InChI is InChI=1S/C9H11ClN2O4S/c1-12(6-9(13)16-2)17(14,15)7-3-4-8(10)11-5-7/h3-5H,6H2,1-2H3. The normalized spacial score (nSPS) is 11.5. The molecule has 94 valence electrons. The van der Waals surface area contributed by atoms with Crippen LogP contribution in [0.5, 0.6) is 0 Å². The molecule has 0 aliphatic heterocycles. The second-order valence-corrected chi connectivity index (χ2v) is 5.59. The van der Waals surface area contributed by atoms with Crippen LogP contribution < -0.4 is 0 Å². The summed E-state index contributed by atoms with van der Waals surface area (Å²) in [4.78, 5) is 14.6. The van der Waals surface area contributed by atoms with Gasteiger partial charge in [-0.05, 0) is 12.1 Å². The summed E-state index contributed by atoms with van der Waals surface area (Å²) < 4.78 is 29.1. The number of carbonyl (C=O) groups excluding carboxylic acids is 1. The second-order valence-electron chi connectivity index (χ2n) is 3.15. The monoisotopic (exact) mass is 278 g/mol. The fourth-order valence-corrected chi connectivity index (χ4v) is 2.20. The average molecular weight is 279 g/mol. The summed E-state index contributed by atoms with van der Waals surface area (Å²) in [7, 11) is -1.28. The third kappa shape index (κ3) is 3.39. The van der Waals surface area contributed by atoms with Crippen LogP contribution in [-0.4, -0.2) is 44.4 Å². The number of pyridine rings is 1. The van der Waals surface area contributed by atoms with Gasteiger partial charge in [-0.1, -0.05) is 11.6 Å². The molecule has 1 aromatic rings. The van der Waals surface area contributed by atoms with Gasteiger partial charge in [0.1, 0.15) is 16.6 Å². The van der Waals surface area contributed by atoms with Gasteiger partial charge >= 0.3 is 5.97 Å². The number of aromatic nitrogens is 1. The summed E-state index contributed by atoms with van der Waals surface area (Å²) >= 11 is 5.55. The second kappa shape index (κ2) is 5.44. The zero-order valence-corrected chi connectivity index (χ0v) is 10.8. The first-order chi connectivity index (χ1) is 7.87. The zero-order valence-electron chi connectivity index (χ0n) is 9.25. The van der Waals surface area contributed by atoms with Crippen LogP contribution in [0.3, 0.4) is 0 Å². The van der Waals surface area contributed by atoms with Gasteiger partial charge in [-0.15, -0.1) is 0 Å². The fraction of sp³-hybridized carbons (Fsp3) is 0.333. The first-order valence-corrected chi connectivity index (χ1v) is 6.34. The average Bonchev–Trinajstić information content (AvgIpc) is 2.29. The van der Waals surface area contributed by atoms with Gasteiger partial charge in [-0.25, -0.2) is 13.4 Å². The van der Waals surface area contributed by atoms with Crippen molar-refractivity contribution in [3.05, 3.63) is 23.5 Å². The molecule has 1 aromatic heterocycles. The molecule has 0 saturated carbocycles. The molecule has 0 unspecified atom stereocenters. The Balaban J connectivity index is 2.95. The van der Waals surface area contributed by atoms with Gasteiger partial charge in [0, 0.05) is 13.2 Å². The molecule has 0 atom stereocenters. The van der Waals surface area contributed by atoms with Gasteiger partial charge in [-0.2, -0.15) is 4.31 Å². The molecule has 1 rings (SSSR count). The van der Waals surface area contributed by atoms with Crippen LogP contribution in [0.25, 0.3) is 0 Å². The zero-order chi connectivity index (χ0) is 13.1. The molecule has 8 heteroatoms. The minimum atomic E-state index is -3.75. The minimum absolute atomic E-state index is 0.0340. The highest BCUT2D eigenvalue weighted by Gasteiger charge is 2.23. The van der Waals surface area contributed by atoms with Crippen LogP contribution in [0, 0.1) is 0 Å². The van der Waals surface area contributed by atoms with E-state index >= 15 is 0 Å². The first kappa shape index (κ1) is 13.9. The lowest BCUT2D eigenvalue weighted by atomic mass is 10.5. The largest absolute Gasteiger partial charge is 0.468 e. The van der Waals surface area contributed by atoms with E-state index in [1.165, 1.54) is 26.3 Å². The molecule has 0 amide bonds. The Hall–Kier alpha value is -1.18. The Bertz CT molecular complexity index is 500. The number of methoxy groups -OCH3 is 1. The van der Waals surface area contributed by atoms with Crippen molar-refractivity contribution in [3.8, 4) is 0 Å². The predicted molar refractivity (Wildman–Crippen MR) is 61.1 cm³/mol. The van der Waals surface area contributed by atoms with E-state index in [-0.39, 0.29) is 16.6 Å². The van der Waals surface area contributed by atoms with E-state index in [4.69, 9.17) is 11.6 Å². The number of sulfonamides is 1. The molecular formula is C9H11ClN2O4S. The Labute approximate surface area is 104 Å². The van der Waals surface area contributed by atoms with E-state index in [0.717, 1.165) is 10.5 Å². The SMILES string of the molecule is COC(=O)CN(C)S(=O)(=O)c1ccc(Cl)nc1. The van der Waals surface area contributed by atoms with Crippen molar-refractivity contribution in [3.63, 3.8) is 0 Å². The number of likely N-dealkylation sites (N-methyl/N-ethyl adjacent to an activating group) is 1. The number of esters is 1. The molecule has 0 radical (unpaired) electrons. The molecule has 0 N–H and O–H groups in total. The lowest BCUT2D eigenvalue weighted by molar-refractivity contribution is -0.140. The molecule has 0 aliphatic rings. The molecule has 0 spiro atoms. The predicted octanol–water partition coefficient (Wildman–Crippen LogP) is 0.528. The van der Waals surface area contributed by atoms with E-state index in [9.17, 15) is 13.2 Å². The third-order valence-electron chi connectivity index (χ3n) is 1.99. The number of halogens is 1. The van der Waals surface area contributed by atoms with E-state index in [2.05, 4.69) is 9.72 Å². The minimum Gasteiger partial charge on any atom is -0.468 e. The van der Waals surface area contributed by atoms with Crippen molar-refractivity contribution in [2.75, 3.05) is 20.7 Å². The van der Waals surface area contributed by atoms with Gasteiger partial charge in [-0.3, -0.25) is 4.79 Å². The smallest absolute Gasteiger partial charge is 0.321 e. The number of hydrogen-bond donors (Lipinski definition) is 0. The summed E-state index contributed by atoms with van der Waals surface area (Å²) in [6.07, 6.45) is 1.13. The fourth-order valence-electron chi connectivity index (χ4n) is 1.03. The van der Waals surface area contributed by atoms with Crippen molar-refractivity contribution in [2.24, 2.45) is 0 Å². The summed E-state index contributed by atoms with van der Waals surface area (Å²) in [5.74, 6) is -0.641. The number of ether oxygens (including phenoxy) is 1. The van der Waals surface area contributed by atoms with E-state index in [1.54, 1.807) is 0 Å². The number of nitrogens with zero attached hydrogens (tertiary/aromatic N) is 2. The topological polar surface area (TPSA) is 76.6 Å². The van der Waals surface area contributed by atoms with Crippen molar-refractivity contribution in [1.82, 2.24) is 9.29 Å². The quantitative estimate of drug-likeness (QED) is 0.593. The Morgan fingerprint density at radius 2 is 2.18 bits per heavy atom. The molecule has 0 fully saturated rings. The molecule has 17 heavy (non-hydrogen) atoms. The Morgan fingerprint density at radius 3 is 2.65 bits per heavy atom. The highest BCUT2D eigenvalue weighted by molar-refractivity contribution is 7.89. The maximum absolute atomic E-state index is 11.9.